The van der Waals surface area contributed by atoms with Gasteiger partial charge in [-0.1, -0.05) is 35.9 Å². The summed E-state index contributed by atoms with van der Waals surface area (Å²) in [6, 6.07) is 11.8. The van der Waals surface area contributed by atoms with Crippen LogP contribution in [0.5, 0.6) is 5.88 Å². The zero-order chi connectivity index (χ0) is 22.4. The van der Waals surface area contributed by atoms with Crippen molar-refractivity contribution in [3.8, 4) is 5.88 Å². The number of carbonyl (C=O) groups excluding carboxylic acids is 1. The third-order valence-electron chi connectivity index (χ3n) is 6.16. The summed E-state index contributed by atoms with van der Waals surface area (Å²) in [4.78, 5) is 34.6. The largest absolute Gasteiger partial charge is 0.481 e. The van der Waals surface area contributed by atoms with Crippen molar-refractivity contribution >= 4 is 45.5 Å². The van der Waals surface area contributed by atoms with Crippen LogP contribution in [0.2, 0.25) is 5.02 Å². The quantitative estimate of drug-likeness (QED) is 0.494. The highest BCUT2D eigenvalue weighted by atomic mass is 35.5. The lowest BCUT2D eigenvalue weighted by Crippen LogP contribution is -2.22. The number of benzene rings is 2. The van der Waals surface area contributed by atoms with Gasteiger partial charge in [0.25, 0.3) is 0 Å². The lowest BCUT2D eigenvalue weighted by molar-refractivity contribution is -0.138. The van der Waals surface area contributed by atoms with E-state index in [4.69, 9.17) is 21.4 Å². The molecule has 2 aromatic carbocycles. The Morgan fingerprint density at radius 3 is 2.53 bits per heavy atom. The van der Waals surface area contributed by atoms with Crippen LogP contribution in [0, 0.1) is 17.8 Å². The fraction of sp³-hybridized carbons (Fsp3) is 0.333. The zero-order valence-corrected chi connectivity index (χ0v) is 18.2. The van der Waals surface area contributed by atoms with Crippen molar-refractivity contribution in [1.82, 2.24) is 9.97 Å². The first-order valence-corrected chi connectivity index (χ1v) is 11.0. The number of Topliss-reactive ketones (excluding diaryl/α,β-unsaturated/α-hetero) is 1. The summed E-state index contributed by atoms with van der Waals surface area (Å²) in [6.45, 7) is 0.766. The summed E-state index contributed by atoms with van der Waals surface area (Å²) in [5.74, 6) is -1.69. The lowest BCUT2D eigenvalue weighted by atomic mass is 10.1. The number of methoxy groups -OCH3 is 1. The Hall–Kier alpha value is -3.19. The van der Waals surface area contributed by atoms with Crippen LogP contribution in [-0.2, 0) is 4.79 Å². The molecule has 0 bridgehead atoms. The number of carboxylic acids is 1. The van der Waals surface area contributed by atoms with Gasteiger partial charge in [-0.3, -0.25) is 9.59 Å². The normalized spacial score (nSPS) is 19.6. The molecular formula is C24H22ClN3O4. The highest BCUT2D eigenvalue weighted by molar-refractivity contribution is 6.36. The van der Waals surface area contributed by atoms with E-state index in [0.29, 0.717) is 23.0 Å². The van der Waals surface area contributed by atoms with Gasteiger partial charge >= 0.3 is 5.97 Å². The van der Waals surface area contributed by atoms with E-state index < -0.39 is 17.8 Å². The molecule has 1 aromatic heterocycles. The van der Waals surface area contributed by atoms with Crippen LogP contribution in [-0.4, -0.2) is 40.5 Å². The van der Waals surface area contributed by atoms with Gasteiger partial charge in [0.1, 0.15) is 5.69 Å². The molecule has 3 aromatic rings. The van der Waals surface area contributed by atoms with E-state index in [0.717, 1.165) is 35.8 Å². The van der Waals surface area contributed by atoms with Gasteiger partial charge < -0.3 is 14.7 Å². The van der Waals surface area contributed by atoms with Gasteiger partial charge in [0.2, 0.25) is 11.7 Å². The summed E-state index contributed by atoms with van der Waals surface area (Å²) < 4.78 is 5.56. The average Bonchev–Trinajstić information content (AvgIpc) is 3.72. The molecule has 2 saturated carbocycles. The molecule has 5 rings (SSSR count). The SMILES string of the molecule is COc1nc(C(=O)C2CC2C(=O)O)ncc1N(CC1CC1)c1ccc(Cl)c2ccccc12. The van der Waals surface area contributed by atoms with E-state index in [1.165, 1.54) is 7.11 Å². The number of aromatic nitrogens is 2. The average molecular weight is 452 g/mol. The molecule has 2 aliphatic carbocycles. The van der Waals surface area contributed by atoms with Gasteiger partial charge in [-0.15, -0.1) is 0 Å². The highest BCUT2D eigenvalue weighted by Gasteiger charge is 2.49. The number of halogens is 1. The number of aliphatic carboxylic acids is 1. The Morgan fingerprint density at radius 1 is 1.12 bits per heavy atom. The molecule has 8 heteroatoms. The van der Waals surface area contributed by atoms with E-state index in [1.807, 2.05) is 36.4 Å². The van der Waals surface area contributed by atoms with Gasteiger partial charge in [-0.25, -0.2) is 4.98 Å². The first-order chi connectivity index (χ1) is 15.5. The Bertz CT molecular complexity index is 1230. The number of rotatable bonds is 8. The molecule has 1 heterocycles. The summed E-state index contributed by atoms with van der Waals surface area (Å²) in [5, 5.41) is 11.8. The minimum absolute atomic E-state index is 0.00770. The summed E-state index contributed by atoms with van der Waals surface area (Å²) >= 11 is 6.43. The van der Waals surface area contributed by atoms with Crippen molar-refractivity contribution in [3.05, 3.63) is 53.4 Å². The molecule has 7 nitrogen and oxygen atoms in total. The predicted octanol–water partition coefficient (Wildman–Crippen LogP) is 4.74. The molecule has 2 aliphatic rings. The molecule has 2 fully saturated rings. The van der Waals surface area contributed by atoms with Crippen LogP contribution in [0.3, 0.4) is 0 Å². The second kappa shape index (κ2) is 8.06. The zero-order valence-electron chi connectivity index (χ0n) is 17.5. The minimum Gasteiger partial charge on any atom is -0.481 e. The second-order valence-corrected chi connectivity index (χ2v) is 8.81. The Balaban J connectivity index is 1.55. The Labute approximate surface area is 190 Å². The van der Waals surface area contributed by atoms with Crippen LogP contribution in [0.25, 0.3) is 10.8 Å². The molecule has 0 amide bonds. The standard InChI is InChI=1S/C24H22ClN3O4/c1-32-23-20(11-26-22(27-23)21(29)16-10-17(16)24(30)31)28(12-13-6-7-13)19-9-8-18(25)14-4-2-3-5-15(14)19/h2-5,8-9,11,13,16-17H,6-7,10,12H2,1H3,(H,30,31). The van der Waals surface area contributed by atoms with E-state index in [9.17, 15) is 9.59 Å². The van der Waals surface area contributed by atoms with Crippen LogP contribution >= 0.6 is 11.6 Å². The van der Waals surface area contributed by atoms with Crippen molar-refractivity contribution in [2.45, 2.75) is 19.3 Å². The molecular weight excluding hydrogens is 430 g/mol. The summed E-state index contributed by atoms with van der Waals surface area (Å²) in [6.07, 6.45) is 4.23. The molecule has 2 atom stereocenters. The number of anilines is 2. The molecule has 0 radical (unpaired) electrons. The van der Waals surface area contributed by atoms with Crippen molar-refractivity contribution < 1.29 is 19.4 Å². The van der Waals surface area contributed by atoms with Crippen LogP contribution in [0.4, 0.5) is 11.4 Å². The maximum Gasteiger partial charge on any atom is 0.307 e. The van der Waals surface area contributed by atoms with Crippen molar-refractivity contribution in [1.29, 1.82) is 0 Å². The number of carbonyl (C=O) groups is 2. The number of hydrogen-bond acceptors (Lipinski definition) is 6. The molecule has 0 spiro atoms. The van der Waals surface area contributed by atoms with Crippen molar-refractivity contribution in [2.24, 2.45) is 17.8 Å². The minimum atomic E-state index is -0.961. The van der Waals surface area contributed by atoms with Gasteiger partial charge in [0.15, 0.2) is 5.82 Å². The fourth-order valence-corrected chi connectivity index (χ4v) is 4.33. The smallest absolute Gasteiger partial charge is 0.307 e. The van der Waals surface area contributed by atoms with Gasteiger partial charge in [-0.2, -0.15) is 4.98 Å². The van der Waals surface area contributed by atoms with Crippen molar-refractivity contribution in [3.63, 3.8) is 0 Å². The van der Waals surface area contributed by atoms with E-state index >= 15 is 0 Å². The first-order valence-electron chi connectivity index (χ1n) is 10.6. The molecule has 0 saturated heterocycles. The monoisotopic (exact) mass is 451 g/mol. The van der Waals surface area contributed by atoms with Crippen molar-refractivity contribution in [2.75, 3.05) is 18.6 Å². The van der Waals surface area contributed by atoms with Gasteiger partial charge in [-0.05, 0) is 37.3 Å². The lowest BCUT2D eigenvalue weighted by Gasteiger charge is -2.27. The third kappa shape index (κ3) is 3.77. The summed E-state index contributed by atoms with van der Waals surface area (Å²) in [7, 11) is 1.51. The second-order valence-electron chi connectivity index (χ2n) is 8.41. The van der Waals surface area contributed by atoms with E-state index in [1.54, 1.807) is 6.20 Å². The van der Waals surface area contributed by atoms with Crippen LogP contribution in [0.15, 0.2) is 42.6 Å². The number of ketones is 1. The molecule has 2 unspecified atom stereocenters. The molecule has 0 aliphatic heterocycles. The Kier molecular flexibility index (Phi) is 5.21. The number of carboxylic acid groups (broad SMARTS) is 1. The third-order valence-corrected chi connectivity index (χ3v) is 6.49. The first kappa shape index (κ1) is 20.7. The summed E-state index contributed by atoms with van der Waals surface area (Å²) in [5.41, 5.74) is 1.63. The maximum atomic E-state index is 12.7. The number of nitrogens with zero attached hydrogens (tertiary/aromatic N) is 3. The van der Waals surface area contributed by atoms with Crippen LogP contribution < -0.4 is 9.64 Å². The molecule has 32 heavy (non-hydrogen) atoms. The topological polar surface area (TPSA) is 92.6 Å². The molecule has 1 N–H and O–H groups in total. The maximum absolute atomic E-state index is 12.7. The van der Waals surface area contributed by atoms with E-state index in [-0.39, 0.29) is 17.5 Å². The Morgan fingerprint density at radius 2 is 1.88 bits per heavy atom. The van der Waals surface area contributed by atoms with E-state index in [2.05, 4.69) is 14.9 Å². The van der Waals surface area contributed by atoms with Crippen LogP contribution in [0.1, 0.15) is 29.9 Å². The molecule has 164 valence electrons. The number of hydrogen-bond donors (Lipinski definition) is 1. The fourth-order valence-electron chi connectivity index (χ4n) is 4.10. The predicted molar refractivity (Wildman–Crippen MR) is 121 cm³/mol. The highest BCUT2D eigenvalue weighted by Crippen LogP contribution is 2.43. The van der Waals surface area contributed by atoms with Gasteiger partial charge in [0, 0.05) is 33.9 Å². The van der Waals surface area contributed by atoms with Gasteiger partial charge in [0.05, 0.1) is 19.2 Å². The number of ether oxygens (including phenoxy) is 1. The number of fused-ring (bicyclic) bond motifs is 1.